The third-order valence-electron chi connectivity index (χ3n) is 4.30. The smallest absolute Gasteiger partial charge is 0.340 e. The Morgan fingerprint density at radius 1 is 1.23 bits per heavy atom. The molecule has 1 heterocycles. The number of benzene rings is 1. The Hall–Kier alpha value is -3.25. The summed E-state index contributed by atoms with van der Waals surface area (Å²) in [4.78, 5) is 28.4. The molecule has 1 amide bonds. The lowest BCUT2D eigenvalue weighted by molar-refractivity contribution is 0.0524. The van der Waals surface area contributed by atoms with E-state index in [1.807, 2.05) is 30.7 Å². The summed E-state index contributed by atoms with van der Waals surface area (Å²) in [6, 6.07) is 10.00. The number of aromatic nitrogens is 1. The number of amides is 1. The SMILES string of the molecule is CCOC(=O)c1cc(C#N)c(C(=O)NS(=O)(=O)Cc2ccc(C(C)C)cc2)nc1C. The number of nitriles is 1. The fraction of sp³-hybridized carbons (Fsp3) is 0.333. The van der Waals surface area contributed by atoms with E-state index in [2.05, 4.69) is 4.98 Å². The molecule has 8 nitrogen and oxygen atoms in total. The summed E-state index contributed by atoms with van der Waals surface area (Å²) in [6.07, 6.45) is 0. The molecule has 9 heteroatoms. The van der Waals surface area contributed by atoms with Crippen molar-refractivity contribution in [1.82, 2.24) is 9.71 Å². The van der Waals surface area contributed by atoms with Crippen LogP contribution in [-0.4, -0.2) is 31.9 Å². The van der Waals surface area contributed by atoms with Crippen LogP contribution in [-0.2, 0) is 20.5 Å². The summed E-state index contributed by atoms with van der Waals surface area (Å²) >= 11 is 0. The van der Waals surface area contributed by atoms with E-state index in [1.165, 1.54) is 13.0 Å². The molecular formula is C21H23N3O5S. The highest BCUT2D eigenvalue weighted by molar-refractivity contribution is 7.89. The van der Waals surface area contributed by atoms with Gasteiger partial charge in [0, 0.05) is 0 Å². The first-order valence-electron chi connectivity index (χ1n) is 9.30. The lowest BCUT2D eigenvalue weighted by Crippen LogP contribution is -2.33. The zero-order chi connectivity index (χ0) is 22.5. The number of ether oxygens (including phenoxy) is 1. The first-order valence-corrected chi connectivity index (χ1v) is 11.0. The minimum Gasteiger partial charge on any atom is -0.462 e. The maximum Gasteiger partial charge on any atom is 0.340 e. The molecule has 1 aromatic heterocycles. The van der Waals surface area contributed by atoms with Gasteiger partial charge in [0.05, 0.1) is 29.2 Å². The lowest BCUT2D eigenvalue weighted by atomic mass is 10.0. The Labute approximate surface area is 175 Å². The summed E-state index contributed by atoms with van der Waals surface area (Å²) < 4.78 is 31.7. The molecule has 158 valence electrons. The molecule has 0 spiro atoms. The Bertz CT molecular complexity index is 1100. The maximum atomic E-state index is 12.5. The summed E-state index contributed by atoms with van der Waals surface area (Å²) in [6.45, 7) is 7.30. The molecule has 0 aliphatic heterocycles. The van der Waals surface area contributed by atoms with Crippen LogP contribution in [0.15, 0.2) is 30.3 Å². The zero-order valence-corrected chi connectivity index (χ0v) is 18.0. The van der Waals surface area contributed by atoms with Gasteiger partial charge in [-0.15, -0.1) is 0 Å². The topological polar surface area (TPSA) is 126 Å². The number of carbonyl (C=O) groups is 2. The number of nitrogens with one attached hydrogen (secondary N) is 1. The van der Waals surface area contributed by atoms with Crippen molar-refractivity contribution in [2.45, 2.75) is 39.4 Å². The van der Waals surface area contributed by atoms with Crippen LogP contribution in [0.5, 0.6) is 0 Å². The number of sulfonamides is 1. The van der Waals surface area contributed by atoms with Crippen LogP contribution in [0, 0.1) is 18.3 Å². The van der Waals surface area contributed by atoms with E-state index in [4.69, 9.17) is 4.74 Å². The summed E-state index contributed by atoms with van der Waals surface area (Å²) in [5, 5.41) is 9.33. The Morgan fingerprint density at radius 3 is 2.40 bits per heavy atom. The van der Waals surface area contributed by atoms with Crippen LogP contribution in [0.2, 0.25) is 0 Å². The molecule has 30 heavy (non-hydrogen) atoms. The molecule has 0 atom stereocenters. The fourth-order valence-corrected chi connectivity index (χ4v) is 3.81. The number of hydrogen-bond donors (Lipinski definition) is 1. The van der Waals surface area contributed by atoms with E-state index in [0.717, 1.165) is 5.56 Å². The standard InChI is InChI=1S/C21H23N3O5S/c1-5-29-21(26)18-10-17(11-22)19(23-14(18)4)20(25)24-30(27,28)12-15-6-8-16(9-7-15)13(2)3/h6-10,13H,5,12H2,1-4H3,(H,24,25). The van der Waals surface area contributed by atoms with Crippen molar-refractivity contribution in [1.29, 1.82) is 5.26 Å². The van der Waals surface area contributed by atoms with Gasteiger partial charge in [0.25, 0.3) is 5.91 Å². The van der Waals surface area contributed by atoms with Crippen LogP contribution in [0.4, 0.5) is 0 Å². The summed E-state index contributed by atoms with van der Waals surface area (Å²) in [5.41, 5.74) is 1.18. The van der Waals surface area contributed by atoms with E-state index in [0.29, 0.717) is 11.5 Å². The molecule has 1 N–H and O–H groups in total. The third kappa shape index (κ3) is 5.64. The predicted octanol–water partition coefficient (Wildman–Crippen LogP) is 2.82. The number of pyridine rings is 1. The van der Waals surface area contributed by atoms with Gasteiger partial charge in [-0.05, 0) is 37.0 Å². The van der Waals surface area contributed by atoms with Crippen molar-refractivity contribution < 1.29 is 22.7 Å². The monoisotopic (exact) mass is 429 g/mol. The quantitative estimate of drug-likeness (QED) is 0.671. The van der Waals surface area contributed by atoms with Gasteiger partial charge in [-0.25, -0.2) is 22.9 Å². The molecule has 0 radical (unpaired) electrons. The van der Waals surface area contributed by atoms with E-state index >= 15 is 0 Å². The van der Waals surface area contributed by atoms with Crippen molar-refractivity contribution in [3.05, 3.63) is 64.0 Å². The highest BCUT2D eigenvalue weighted by atomic mass is 32.2. The van der Waals surface area contributed by atoms with Crippen molar-refractivity contribution in [3.8, 4) is 6.07 Å². The van der Waals surface area contributed by atoms with Crippen molar-refractivity contribution in [2.24, 2.45) is 0 Å². The second-order valence-corrected chi connectivity index (χ2v) is 8.66. The van der Waals surface area contributed by atoms with Crippen LogP contribution >= 0.6 is 0 Å². The molecule has 1 aromatic carbocycles. The number of carbonyl (C=O) groups excluding carboxylic acids is 2. The molecule has 0 saturated heterocycles. The van der Waals surface area contributed by atoms with E-state index in [9.17, 15) is 23.3 Å². The van der Waals surface area contributed by atoms with Crippen LogP contribution in [0.3, 0.4) is 0 Å². The van der Waals surface area contributed by atoms with Crippen LogP contribution in [0.25, 0.3) is 0 Å². The zero-order valence-electron chi connectivity index (χ0n) is 17.2. The second kappa shape index (κ2) is 9.50. The van der Waals surface area contributed by atoms with Gasteiger partial charge in [0.2, 0.25) is 10.0 Å². The van der Waals surface area contributed by atoms with Crippen LogP contribution in [0.1, 0.15) is 69.9 Å². The molecule has 0 aliphatic rings. The minimum absolute atomic E-state index is 0.0399. The van der Waals surface area contributed by atoms with Crippen molar-refractivity contribution in [3.63, 3.8) is 0 Å². The first-order chi connectivity index (χ1) is 14.1. The Balaban J connectivity index is 2.24. The van der Waals surface area contributed by atoms with Gasteiger partial charge >= 0.3 is 5.97 Å². The number of aryl methyl sites for hydroxylation is 1. The molecule has 0 fully saturated rings. The van der Waals surface area contributed by atoms with Gasteiger partial charge in [-0.1, -0.05) is 38.1 Å². The van der Waals surface area contributed by atoms with Crippen molar-refractivity contribution in [2.75, 3.05) is 6.61 Å². The maximum absolute atomic E-state index is 12.5. The summed E-state index contributed by atoms with van der Waals surface area (Å²) in [7, 11) is -4.03. The van der Waals surface area contributed by atoms with Crippen molar-refractivity contribution >= 4 is 21.9 Å². The van der Waals surface area contributed by atoms with E-state index in [-0.39, 0.29) is 29.1 Å². The van der Waals surface area contributed by atoms with Gasteiger partial charge < -0.3 is 4.74 Å². The molecule has 2 aromatic rings. The molecule has 0 bridgehead atoms. The highest BCUT2D eigenvalue weighted by Gasteiger charge is 2.23. The average Bonchev–Trinajstić information content (AvgIpc) is 2.67. The Morgan fingerprint density at radius 2 is 1.87 bits per heavy atom. The first kappa shape index (κ1) is 23.0. The predicted molar refractivity (Wildman–Crippen MR) is 110 cm³/mol. The number of esters is 1. The molecule has 0 aliphatic carbocycles. The van der Waals surface area contributed by atoms with Gasteiger partial charge in [0.15, 0.2) is 0 Å². The largest absolute Gasteiger partial charge is 0.462 e. The number of rotatable bonds is 7. The molecular weight excluding hydrogens is 406 g/mol. The fourth-order valence-electron chi connectivity index (χ4n) is 2.72. The lowest BCUT2D eigenvalue weighted by Gasteiger charge is -2.11. The average molecular weight is 429 g/mol. The Kier molecular flexibility index (Phi) is 7.29. The van der Waals surface area contributed by atoms with Gasteiger partial charge in [-0.3, -0.25) is 4.79 Å². The van der Waals surface area contributed by atoms with Gasteiger partial charge in [0.1, 0.15) is 11.8 Å². The minimum atomic E-state index is -4.03. The number of nitrogens with zero attached hydrogens (tertiary/aromatic N) is 2. The second-order valence-electron chi connectivity index (χ2n) is 6.94. The van der Waals surface area contributed by atoms with Crippen LogP contribution < -0.4 is 4.72 Å². The van der Waals surface area contributed by atoms with Gasteiger partial charge in [-0.2, -0.15) is 5.26 Å². The van der Waals surface area contributed by atoms with E-state index < -0.39 is 27.7 Å². The molecule has 0 saturated carbocycles. The normalized spacial score (nSPS) is 11.1. The van der Waals surface area contributed by atoms with E-state index in [1.54, 1.807) is 25.1 Å². The molecule has 2 rings (SSSR count). The molecule has 0 unspecified atom stereocenters. The highest BCUT2D eigenvalue weighted by Crippen LogP contribution is 2.17. The number of hydrogen-bond acceptors (Lipinski definition) is 7. The summed E-state index contributed by atoms with van der Waals surface area (Å²) in [5.74, 6) is -1.81. The third-order valence-corrected chi connectivity index (χ3v) is 5.51.